The standard InChI is InChI=1S/C15H13ClN2O3/c16-10-4-2-1-3-9(10)7-20-13-6-12-14(5-11(13)17)21-8-15(19)18-12/h1-6H,7-8,17H2,(H,18,19). The van der Waals surface area contributed by atoms with Crippen molar-refractivity contribution in [3.05, 3.63) is 47.0 Å². The van der Waals surface area contributed by atoms with E-state index >= 15 is 0 Å². The van der Waals surface area contributed by atoms with Crippen LogP contribution in [0.25, 0.3) is 0 Å². The number of anilines is 2. The number of benzene rings is 2. The lowest BCUT2D eigenvalue weighted by Gasteiger charge is -2.20. The topological polar surface area (TPSA) is 73.6 Å². The zero-order valence-electron chi connectivity index (χ0n) is 11.1. The molecule has 0 unspecified atom stereocenters. The monoisotopic (exact) mass is 304 g/mol. The third kappa shape index (κ3) is 2.87. The molecule has 0 saturated heterocycles. The summed E-state index contributed by atoms with van der Waals surface area (Å²) in [7, 11) is 0. The number of hydrogen-bond acceptors (Lipinski definition) is 4. The summed E-state index contributed by atoms with van der Waals surface area (Å²) in [5.41, 5.74) is 7.78. The molecule has 1 aliphatic rings. The third-order valence-corrected chi connectivity index (χ3v) is 3.45. The van der Waals surface area contributed by atoms with Gasteiger partial charge in [0.05, 0.1) is 11.4 Å². The van der Waals surface area contributed by atoms with Gasteiger partial charge in [0.25, 0.3) is 5.91 Å². The van der Waals surface area contributed by atoms with Crippen LogP contribution < -0.4 is 20.5 Å². The molecular formula is C15H13ClN2O3. The van der Waals surface area contributed by atoms with Gasteiger partial charge in [-0.25, -0.2) is 0 Å². The Balaban J connectivity index is 1.81. The van der Waals surface area contributed by atoms with Crippen LogP contribution in [0.15, 0.2) is 36.4 Å². The van der Waals surface area contributed by atoms with Crippen molar-refractivity contribution in [3.63, 3.8) is 0 Å². The number of carbonyl (C=O) groups is 1. The first kappa shape index (κ1) is 13.6. The molecule has 0 spiro atoms. The van der Waals surface area contributed by atoms with Gasteiger partial charge in [-0.3, -0.25) is 4.79 Å². The Morgan fingerprint density at radius 2 is 2.14 bits per heavy atom. The van der Waals surface area contributed by atoms with E-state index in [-0.39, 0.29) is 19.1 Å². The van der Waals surface area contributed by atoms with Gasteiger partial charge in [0.1, 0.15) is 18.1 Å². The van der Waals surface area contributed by atoms with Crippen molar-refractivity contribution in [2.75, 3.05) is 17.7 Å². The smallest absolute Gasteiger partial charge is 0.262 e. The number of hydrogen-bond donors (Lipinski definition) is 2. The average molecular weight is 305 g/mol. The Bertz CT molecular complexity index is 703. The van der Waals surface area contributed by atoms with Gasteiger partial charge in [0.2, 0.25) is 0 Å². The molecule has 0 fully saturated rings. The molecule has 3 N–H and O–H groups in total. The van der Waals surface area contributed by atoms with Crippen molar-refractivity contribution in [2.24, 2.45) is 0 Å². The van der Waals surface area contributed by atoms with Crippen molar-refractivity contribution in [3.8, 4) is 11.5 Å². The minimum Gasteiger partial charge on any atom is -0.487 e. The van der Waals surface area contributed by atoms with E-state index in [1.165, 1.54) is 0 Å². The Kier molecular flexibility index (Phi) is 3.58. The van der Waals surface area contributed by atoms with Crippen molar-refractivity contribution >= 4 is 28.9 Å². The number of nitrogen functional groups attached to an aromatic ring is 1. The van der Waals surface area contributed by atoms with Gasteiger partial charge < -0.3 is 20.5 Å². The highest BCUT2D eigenvalue weighted by atomic mass is 35.5. The number of amides is 1. The van der Waals surface area contributed by atoms with Gasteiger partial charge in [-0.15, -0.1) is 0 Å². The Labute approximate surface area is 126 Å². The summed E-state index contributed by atoms with van der Waals surface area (Å²) >= 11 is 6.08. The lowest BCUT2D eigenvalue weighted by Crippen LogP contribution is -2.25. The molecule has 0 saturated carbocycles. The van der Waals surface area contributed by atoms with Crippen LogP contribution in [0.3, 0.4) is 0 Å². The van der Waals surface area contributed by atoms with Crippen LogP contribution in [0, 0.1) is 0 Å². The molecule has 2 aromatic carbocycles. The maximum Gasteiger partial charge on any atom is 0.262 e. The van der Waals surface area contributed by atoms with Gasteiger partial charge in [0.15, 0.2) is 6.61 Å². The van der Waals surface area contributed by atoms with Crippen LogP contribution in [0.4, 0.5) is 11.4 Å². The van der Waals surface area contributed by atoms with E-state index in [1.807, 2.05) is 18.2 Å². The molecule has 21 heavy (non-hydrogen) atoms. The van der Waals surface area contributed by atoms with E-state index < -0.39 is 0 Å². The predicted octanol–water partition coefficient (Wildman–Crippen LogP) is 2.83. The van der Waals surface area contributed by atoms with Gasteiger partial charge in [-0.1, -0.05) is 29.8 Å². The molecule has 0 radical (unpaired) electrons. The van der Waals surface area contributed by atoms with Gasteiger partial charge in [-0.05, 0) is 6.07 Å². The van der Waals surface area contributed by atoms with E-state index in [0.717, 1.165) is 5.56 Å². The molecule has 1 aliphatic heterocycles. The van der Waals surface area contributed by atoms with Gasteiger partial charge >= 0.3 is 0 Å². The van der Waals surface area contributed by atoms with Crippen LogP contribution in [0.1, 0.15) is 5.56 Å². The lowest BCUT2D eigenvalue weighted by atomic mass is 10.2. The molecule has 0 aliphatic carbocycles. The van der Waals surface area contributed by atoms with E-state index in [1.54, 1.807) is 18.2 Å². The highest BCUT2D eigenvalue weighted by Gasteiger charge is 2.18. The zero-order chi connectivity index (χ0) is 14.8. The first-order valence-electron chi connectivity index (χ1n) is 6.36. The van der Waals surface area contributed by atoms with Crippen LogP contribution in [-0.2, 0) is 11.4 Å². The Morgan fingerprint density at radius 1 is 1.33 bits per heavy atom. The molecule has 0 aromatic heterocycles. The molecule has 3 rings (SSSR count). The number of ether oxygens (including phenoxy) is 2. The number of rotatable bonds is 3. The number of halogens is 1. The second-order valence-electron chi connectivity index (χ2n) is 4.60. The first-order chi connectivity index (χ1) is 10.1. The quantitative estimate of drug-likeness (QED) is 0.855. The molecule has 2 aromatic rings. The maximum absolute atomic E-state index is 11.3. The summed E-state index contributed by atoms with van der Waals surface area (Å²) in [5.74, 6) is 0.806. The second kappa shape index (κ2) is 5.54. The van der Waals surface area contributed by atoms with Crippen molar-refractivity contribution < 1.29 is 14.3 Å². The second-order valence-corrected chi connectivity index (χ2v) is 5.01. The summed E-state index contributed by atoms with van der Waals surface area (Å²) in [5, 5.41) is 3.34. The summed E-state index contributed by atoms with van der Waals surface area (Å²) in [6, 6.07) is 10.7. The lowest BCUT2D eigenvalue weighted by molar-refractivity contribution is -0.118. The fourth-order valence-corrected chi connectivity index (χ4v) is 2.21. The molecule has 1 amide bonds. The largest absolute Gasteiger partial charge is 0.487 e. The maximum atomic E-state index is 11.3. The molecule has 6 heteroatoms. The Morgan fingerprint density at radius 3 is 2.95 bits per heavy atom. The predicted molar refractivity (Wildman–Crippen MR) is 80.8 cm³/mol. The van der Waals surface area contributed by atoms with Crippen molar-refractivity contribution in [2.45, 2.75) is 6.61 Å². The number of fused-ring (bicyclic) bond motifs is 1. The summed E-state index contributed by atoms with van der Waals surface area (Å²) in [4.78, 5) is 11.3. The van der Waals surface area contributed by atoms with Crippen LogP contribution in [-0.4, -0.2) is 12.5 Å². The zero-order valence-corrected chi connectivity index (χ0v) is 11.8. The van der Waals surface area contributed by atoms with E-state index in [0.29, 0.717) is 27.9 Å². The van der Waals surface area contributed by atoms with Crippen LogP contribution >= 0.6 is 11.6 Å². The van der Waals surface area contributed by atoms with E-state index in [9.17, 15) is 4.79 Å². The summed E-state index contributed by atoms with van der Waals surface area (Å²) < 4.78 is 11.0. The summed E-state index contributed by atoms with van der Waals surface area (Å²) in [6.45, 7) is 0.281. The summed E-state index contributed by atoms with van der Waals surface area (Å²) in [6.07, 6.45) is 0. The highest BCUT2D eigenvalue weighted by molar-refractivity contribution is 6.31. The first-order valence-corrected chi connectivity index (χ1v) is 6.73. The molecule has 5 nitrogen and oxygen atoms in total. The average Bonchev–Trinajstić information content (AvgIpc) is 2.47. The van der Waals surface area contributed by atoms with Crippen LogP contribution in [0.5, 0.6) is 11.5 Å². The number of carbonyl (C=O) groups excluding carboxylic acids is 1. The number of nitrogens with two attached hydrogens (primary N) is 1. The third-order valence-electron chi connectivity index (χ3n) is 3.09. The highest BCUT2D eigenvalue weighted by Crippen LogP contribution is 2.36. The molecular weight excluding hydrogens is 292 g/mol. The SMILES string of the molecule is Nc1cc2c(cc1OCc1ccccc1Cl)NC(=O)CO2. The Hall–Kier alpha value is -2.40. The molecule has 108 valence electrons. The van der Waals surface area contributed by atoms with Gasteiger partial charge in [-0.2, -0.15) is 0 Å². The van der Waals surface area contributed by atoms with Crippen LogP contribution in [0.2, 0.25) is 5.02 Å². The van der Waals surface area contributed by atoms with Crippen molar-refractivity contribution in [1.82, 2.24) is 0 Å². The van der Waals surface area contributed by atoms with E-state index in [4.69, 9.17) is 26.8 Å². The normalized spacial score (nSPS) is 13.1. The van der Waals surface area contributed by atoms with Gasteiger partial charge in [0, 0.05) is 22.7 Å². The fourth-order valence-electron chi connectivity index (χ4n) is 2.02. The fraction of sp³-hybridized carbons (Fsp3) is 0.133. The molecule has 0 bridgehead atoms. The molecule has 1 heterocycles. The minimum absolute atomic E-state index is 0.00767. The van der Waals surface area contributed by atoms with Crippen molar-refractivity contribution in [1.29, 1.82) is 0 Å². The molecule has 0 atom stereocenters. The number of nitrogens with one attached hydrogen (secondary N) is 1. The minimum atomic E-state index is -0.204. The van der Waals surface area contributed by atoms with E-state index in [2.05, 4.69) is 5.32 Å².